The van der Waals surface area contributed by atoms with Crippen LogP contribution in [-0.4, -0.2) is 23.5 Å². The monoisotopic (exact) mass is 395 g/mol. The van der Waals surface area contributed by atoms with Gasteiger partial charge < -0.3 is 15.4 Å². The highest BCUT2D eigenvalue weighted by Crippen LogP contribution is 2.20. The number of hydrogen-bond acceptors (Lipinski definition) is 6. The van der Waals surface area contributed by atoms with Crippen molar-refractivity contribution in [3.63, 3.8) is 0 Å². The van der Waals surface area contributed by atoms with E-state index in [1.807, 2.05) is 62.4 Å². The highest BCUT2D eigenvalue weighted by Gasteiger charge is 2.15. The van der Waals surface area contributed by atoms with Gasteiger partial charge in [-0.3, -0.25) is 4.79 Å². The molecule has 0 radical (unpaired) electrons. The van der Waals surface area contributed by atoms with E-state index in [4.69, 9.17) is 4.74 Å². The summed E-state index contributed by atoms with van der Waals surface area (Å²) in [6.45, 7) is 4.07. The smallest absolute Gasteiger partial charge is 0.358 e. The van der Waals surface area contributed by atoms with Crippen molar-refractivity contribution in [3.8, 4) is 0 Å². The number of nitrogens with one attached hydrogen (secondary N) is 2. The van der Waals surface area contributed by atoms with Crippen molar-refractivity contribution in [1.29, 1.82) is 0 Å². The molecule has 0 bridgehead atoms. The number of para-hydroxylation sites is 1. The molecule has 6 nitrogen and oxygen atoms in total. The maximum absolute atomic E-state index is 12.1. The van der Waals surface area contributed by atoms with Crippen LogP contribution in [0.1, 0.15) is 27.2 Å². The first-order chi connectivity index (χ1) is 13.5. The van der Waals surface area contributed by atoms with E-state index in [0.717, 1.165) is 22.4 Å². The van der Waals surface area contributed by atoms with Gasteiger partial charge >= 0.3 is 5.97 Å². The van der Waals surface area contributed by atoms with Crippen LogP contribution in [0.15, 0.2) is 53.9 Å². The minimum atomic E-state index is -0.624. The molecule has 3 rings (SSSR count). The molecule has 1 heterocycles. The molecule has 3 aromatic rings. The van der Waals surface area contributed by atoms with Gasteiger partial charge in [-0.1, -0.05) is 48.5 Å². The Balaban J connectivity index is 1.50. The third-order valence-electron chi connectivity index (χ3n) is 4.08. The summed E-state index contributed by atoms with van der Waals surface area (Å²) in [7, 11) is 0. The molecule has 144 valence electrons. The minimum Gasteiger partial charge on any atom is -0.451 e. The van der Waals surface area contributed by atoms with Crippen LogP contribution in [0.25, 0.3) is 0 Å². The van der Waals surface area contributed by atoms with Crippen LogP contribution in [0, 0.1) is 13.8 Å². The molecule has 0 unspecified atom stereocenters. The van der Waals surface area contributed by atoms with Crippen LogP contribution in [0.2, 0.25) is 0 Å². The Morgan fingerprint density at radius 3 is 2.46 bits per heavy atom. The minimum absolute atomic E-state index is 0.181. The second-order valence-corrected chi connectivity index (χ2v) is 7.13. The Bertz CT molecular complexity index is 950. The number of anilines is 2. The highest BCUT2D eigenvalue weighted by molar-refractivity contribution is 7.13. The molecule has 1 amide bonds. The summed E-state index contributed by atoms with van der Waals surface area (Å²) < 4.78 is 5.08. The van der Waals surface area contributed by atoms with Crippen molar-refractivity contribution in [3.05, 3.63) is 76.3 Å². The number of benzene rings is 2. The number of ether oxygens (including phenoxy) is 1. The van der Waals surface area contributed by atoms with Gasteiger partial charge in [0.25, 0.3) is 5.91 Å². The quantitative estimate of drug-likeness (QED) is 0.587. The molecule has 0 fully saturated rings. The molecule has 0 aliphatic rings. The lowest BCUT2D eigenvalue weighted by Crippen LogP contribution is -2.22. The maximum atomic E-state index is 12.1. The normalized spacial score (nSPS) is 10.4. The molecule has 0 aliphatic carbocycles. The average Bonchev–Trinajstić information content (AvgIpc) is 3.17. The molecule has 0 aliphatic heterocycles. The van der Waals surface area contributed by atoms with Crippen LogP contribution in [0.4, 0.5) is 10.8 Å². The highest BCUT2D eigenvalue weighted by atomic mass is 32.1. The summed E-state index contributed by atoms with van der Waals surface area (Å²) in [6.07, 6.45) is 0. The number of aryl methyl sites for hydroxylation is 2. The van der Waals surface area contributed by atoms with Gasteiger partial charge in [-0.15, -0.1) is 11.3 Å². The number of carbonyl (C=O) groups excluding carboxylic acids is 2. The zero-order valence-electron chi connectivity index (χ0n) is 15.7. The summed E-state index contributed by atoms with van der Waals surface area (Å²) in [4.78, 5) is 28.5. The molecular weight excluding hydrogens is 374 g/mol. The number of thiazole rings is 1. The van der Waals surface area contributed by atoms with E-state index in [0.29, 0.717) is 11.7 Å². The summed E-state index contributed by atoms with van der Waals surface area (Å²) in [5, 5.41) is 8.18. The van der Waals surface area contributed by atoms with Gasteiger partial charge in [-0.2, -0.15) is 0 Å². The van der Waals surface area contributed by atoms with Gasteiger partial charge in [0.05, 0.1) is 0 Å². The van der Waals surface area contributed by atoms with Crippen molar-refractivity contribution in [2.45, 2.75) is 20.4 Å². The lowest BCUT2D eigenvalue weighted by atomic mass is 10.1. The molecule has 28 heavy (non-hydrogen) atoms. The van der Waals surface area contributed by atoms with E-state index in [1.165, 1.54) is 11.3 Å². The van der Waals surface area contributed by atoms with E-state index < -0.39 is 5.97 Å². The summed E-state index contributed by atoms with van der Waals surface area (Å²) >= 11 is 1.31. The molecule has 2 aromatic carbocycles. The first kappa shape index (κ1) is 19.6. The van der Waals surface area contributed by atoms with Gasteiger partial charge in [0.2, 0.25) is 0 Å². The molecule has 1 aromatic heterocycles. The van der Waals surface area contributed by atoms with Gasteiger partial charge in [-0.05, 0) is 30.5 Å². The predicted octanol–water partition coefficient (Wildman–Crippen LogP) is 4.17. The number of amides is 1. The number of hydrogen-bond donors (Lipinski definition) is 2. The fraction of sp³-hybridized carbons (Fsp3) is 0.190. The van der Waals surface area contributed by atoms with E-state index >= 15 is 0 Å². The van der Waals surface area contributed by atoms with Crippen molar-refractivity contribution in [1.82, 2.24) is 4.98 Å². The summed E-state index contributed by atoms with van der Waals surface area (Å²) in [5.74, 6) is -1.01. The fourth-order valence-corrected chi connectivity index (χ4v) is 3.29. The zero-order chi connectivity index (χ0) is 19.9. The van der Waals surface area contributed by atoms with E-state index in [9.17, 15) is 9.59 Å². The number of nitrogens with zero attached hydrogens (tertiary/aromatic N) is 1. The van der Waals surface area contributed by atoms with Crippen molar-refractivity contribution < 1.29 is 14.3 Å². The van der Waals surface area contributed by atoms with Crippen molar-refractivity contribution >= 4 is 34.0 Å². The van der Waals surface area contributed by atoms with E-state index in [1.54, 1.807) is 5.38 Å². The molecular formula is C21H21N3O3S. The Labute approximate surface area is 167 Å². The zero-order valence-corrected chi connectivity index (χ0v) is 16.5. The van der Waals surface area contributed by atoms with E-state index in [-0.39, 0.29) is 18.2 Å². The number of esters is 1. The van der Waals surface area contributed by atoms with Crippen molar-refractivity contribution in [2.24, 2.45) is 0 Å². The van der Waals surface area contributed by atoms with Gasteiger partial charge in [0.1, 0.15) is 0 Å². The third kappa shape index (κ3) is 5.17. The maximum Gasteiger partial charge on any atom is 0.358 e. The predicted molar refractivity (Wildman–Crippen MR) is 111 cm³/mol. The Morgan fingerprint density at radius 1 is 1.04 bits per heavy atom. The number of rotatable bonds is 7. The topological polar surface area (TPSA) is 80.3 Å². The van der Waals surface area contributed by atoms with Gasteiger partial charge in [0, 0.05) is 17.6 Å². The SMILES string of the molecule is Cc1cccc(C)c1NC(=O)COC(=O)c1csc(NCc2ccccc2)n1. The largest absolute Gasteiger partial charge is 0.451 e. The molecule has 0 spiro atoms. The second-order valence-electron chi connectivity index (χ2n) is 6.27. The van der Waals surface area contributed by atoms with Gasteiger partial charge in [-0.25, -0.2) is 9.78 Å². The van der Waals surface area contributed by atoms with Crippen LogP contribution in [-0.2, 0) is 16.1 Å². The molecule has 0 saturated heterocycles. The molecule has 7 heteroatoms. The first-order valence-corrected chi connectivity index (χ1v) is 9.67. The molecule has 0 atom stereocenters. The van der Waals surface area contributed by atoms with Gasteiger partial charge in [0.15, 0.2) is 17.4 Å². The Morgan fingerprint density at radius 2 is 1.75 bits per heavy atom. The Hall–Kier alpha value is -3.19. The molecule has 2 N–H and O–H groups in total. The van der Waals surface area contributed by atoms with Crippen molar-refractivity contribution in [2.75, 3.05) is 17.2 Å². The standard InChI is InChI=1S/C21H21N3O3S/c1-14-7-6-8-15(2)19(14)24-18(25)12-27-20(26)17-13-28-21(23-17)22-11-16-9-4-3-5-10-16/h3-10,13H,11-12H2,1-2H3,(H,22,23)(H,24,25). The van der Waals surface area contributed by atoms with Crippen LogP contribution >= 0.6 is 11.3 Å². The van der Waals surface area contributed by atoms with Crippen LogP contribution < -0.4 is 10.6 Å². The average molecular weight is 395 g/mol. The lowest BCUT2D eigenvalue weighted by molar-refractivity contribution is -0.119. The third-order valence-corrected chi connectivity index (χ3v) is 4.88. The summed E-state index contributed by atoms with van der Waals surface area (Å²) in [5.41, 5.74) is 3.94. The second kappa shape index (κ2) is 9.14. The number of aromatic nitrogens is 1. The van der Waals surface area contributed by atoms with E-state index in [2.05, 4.69) is 15.6 Å². The summed E-state index contributed by atoms with van der Waals surface area (Å²) in [6, 6.07) is 15.6. The lowest BCUT2D eigenvalue weighted by Gasteiger charge is -2.11. The number of carbonyl (C=O) groups is 2. The Kier molecular flexibility index (Phi) is 6.39. The first-order valence-electron chi connectivity index (χ1n) is 8.79. The van der Waals surface area contributed by atoms with Crippen LogP contribution in [0.5, 0.6) is 0 Å². The molecule has 0 saturated carbocycles. The fourth-order valence-electron chi connectivity index (χ4n) is 2.61. The van der Waals surface area contributed by atoms with Crippen LogP contribution in [0.3, 0.4) is 0 Å².